The van der Waals surface area contributed by atoms with Crippen LogP contribution in [-0.4, -0.2) is 55.9 Å². The highest BCUT2D eigenvalue weighted by Gasteiger charge is 2.53. The predicted molar refractivity (Wildman–Crippen MR) is 117 cm³/mol. The lowest BCUT2D eigenvalue weighted by atomic mass is 10.1. The molecule has 5 rings (SSSR count). The number of nitrogens with zero attached hydrogens (tertiary/aromatic N) is 3. The van der Waals surface area contributed by atoms with Crippen LogP contribution in [-0.2, 0) is 9.47 Å². The Morgan fingerprint density at radius 2 is 2.00 bits per heavy atom. The second-order valence-corrected chi connectivity index (χ2v) is 9.84. The van der Waals surface area contributed by atoms with Crippen molar-refractivity contribution in [1.29, 1.82) is 0 Å². The number of alkyl halides is 3. The Bertz CT molecular complexity index is 1170. The summed E-state index contributed by atoms with van der Waals surface area (Å²) >= 11 is -0.157. The SMILES string of the molecule is CC1(C)OC2[C@@H](CO)C[C@@H](Nc3ccnc4cc(-c5cccc(SC(F)(F)F)c5)nn34)[C@@H]2O1. The molecule has 1 unspecified atom stereocenters. The molecule has 1 saturated carbocycles. The van der Waals surface area contributed by atoms with Crippen LogP contribution in [0, 0.1) is 5.92 Å². The van der Waals surface area contributed by atoms with Crippen molar-refractivity contribution in [3.8, 4) is 11.3 Å². The normalized spacial score (nSPS) is 26.6. The largest absolute Gasteiger partial charge is 0.446 e. The molecule has 1 aromatic carbocycles. The Morgan fingerprint density at radius 1 is 1.21 bits per heavy atom. The fraction of sp³-hybridized carbons (Fsp3) is 0.455. The molecule has 3 aromatic rings. The molecule has 1 saturated heterocycles. The second kappa shape index (κ2) is 8.15. The topological polar surface area (TPSA) is 80.9 Å². The Labute approximate surface area is 192 Å². The first-order valence-electron chi connectivity index (χ1n) is 10.6. The summed E-state index contributed by atoms with van der Waals surface area (Å²) in [5, 5.41) is 17.9. The summed E-state index contributed by atoms with van der Waals surface area (Å²) in [4.78, 5) is 4.44. The second-order valence-electron chi connectivity index (χ2n) is 8.70. The average Bonchev–Trinajstić information content (AvgIpc) is 3.39. The number of anilines is 1. The van der Waals surface area contributed by atoms with Crippen LogP contribution in [0.15, 0.2) is 47.5 Å². The van der Waals surface area contributed by atoms with E-state index in [4.69, 9.17) is 9.47 Å². The van der Waals surface area contributed by atoms with Gasteiger partial charge in [-0.15, -0.1) is 0 Å². The summed E-state index contributed by atoms with van der Waals surface area (Å²) in [5.74, 6) is -0.106. The third kappa shape index (κ3) is 4.54. The van der Waals surface area contributed by atoms with Gasteiger partial charge in [-0.3, -0.25) is 0 Å². The molecule has 2 fully saturated rings. The van der Waals surface area contributed by atoms with E-state index >= 15 is 0 Å². The van der Waals surface area contributed by atoms with Gasteiger partial charge in [-0.05, 0) is 50.2 Å². The summed E-state index contributed by atoms with van der Waals surface area (Å²) in [6.45, 7) is 3.71. The zero-order valence-corrected chi connectivity index (χ0v) is 18.7. The van der Waals surface area contributed by atoms with E-state index in [0.29, 0.717) is 29.1 Å². The number of nitrogens with one attached hydrogen (secondary N) is 1. The first-order valence-corrected chi connectivity index (χ1v) is 11.4. The molecule has 0 bridgehead atoms. The number of halogens is 3. The fourth-order valence-electron chi connectivity index (χ4n) is 4.59. The standard InChI is InChI=1S/C22H23F3N4O3S/c1-21(2)31-19-13(11-30)9-16(20(19)32-21)27-17-6-7-26-18-10-15(28-29(17)18)12-4-3-5-14(8-12)33-22(23,24)25/h3-8,10,13,16,19-20,27,30H,9,11H2,1-2H3/t13-,16-,19?,20+/m1/s1. The van der Waals surface area contributed by atoms with Crippen LogP contribution in [0.2, 0.25) is 0 Å². The van der Waals surface area contributed by atoms with Crippen LogP contribution in [0.25, 0.3) is 16.9 Å². The number of fused-ring (bicyclic) bond motifs is 2. The monoisotopic (exact) mass is 480 g/mol. The molecule has 2 aromatic heterocycles. The van der Waals surface area contributed by atoms with E-state index < -0.39 is 11.3 Å². The van der Waals surface area contributed by atoms with Crippen LogP contribution in [0.4, 0.5) is 19.0 Å². The van der Waals surface area contributed by atoms with Crippen molar-refractivity contribution >= 4 is 23.2 Å². The van der Waals surface area contributed by atoms with E-state index in [2.05, 4.69) is 15.4 Å². The van der Waals surface area contributed by atoms with Gasteiger partial charge in [0.15, 0.2) is 11.4 Å². The number of aliphatic hydroxyl groups is 1. The van der Waals surface area contributed by atoms with Gasteiger partial charge in [-0.25, -0.2) is 4.98 Å². The predicted octanol–water partition coefficient (Wildman–Crippen LogP) is 4.32. The van der Waals surface area contributed by atoms with Crippen LogP contribution in [0.5, 0.6) is 0 Å². The van der Waals surface area contributed by atoms with E-state index in [-0.39, 0.29) is 47.4 Å². The minimum absolute atomic E-state index is 0.00272. The quantitative estimate of drug-likeness (QED) is 0.527. The van der Waals surface area contributed by atoms with E-state index in [1.165, 1.54) is 12.1 Å². The van der Waals surface area contributed by atoms with Crippen LogP contribution in [0.3, 0.4) is 0 Å². The lowest BCUT2D eigenvalue weighted by Gasteiger charge is -2.24. The van der Waals surface area contributed by atoms with Gasteiger partial charge in [0, 0.05) is 35.2 Å². The van der Waals surface area contributed by atoms with Gasteiger partial charge < -0.3 is 19.9 Å². The Kier molecular flexibility index (Phi) is 5.55. The van der Waals surface area contributed by atoms with E-state index in [1.54, 1.807) is 35.0 Å². The van der Waals surface area contributed by atoms with E-state index in [0.717, 1.165) is 0 Å². The Morgan fingerprint density at radius 3 is 2.76 bits per heavy atom. The maximum Gasteiger partial charge on any atom is 0.446 e. The van der Waals surface area contributed by atoms with Gasteiger partial charge in [0.05, 0.1) is 17.8 Å². The molecule has 7 nitrogen and oxygen atoms in total. The molecule has 0 spiro atoms. The number of aromatic nitrogens is 3. The number of hydrogen-bond acceptors (Lipinski definition) is 7. The van der Waals surface area contributed by atoms with Gasteiger partial charge in [0.25, 0.3) is 0 Å². The zero-order valence-electron chi connectivity index (χ0n) is 17.9. The third-order valence-corrected chi connectivity index (χ3v) is 6.59. The Hall–Kier alpha value is -2.34. The number of benzene rings is 1. The molecule has 3 heterocycles. The van der Waals surface area contributed by atoms with E-state index in [1.807, 2.05) is 13.8 Å². The molecule has 1 aliphatic carbocycles. The Balaban J connectivity index is 1.43. The maximum absolute atomic E-state index is 12.8. The van der Waals surface area contributed by atoms with Crippen LogP contribution >= 0.6 is 11.8 Å². The highest BCUT2D eigenvalue weighted by atomic mass is 32.2. The maximum atomic E-state index is 12.8. The van der Waals surface area contributed by atoms with Crippen molar-refractivity contribution in [1.82, 2.24) is 14.6 Å². The summed E-state index contributed by atoms with van der Waals surface area (Å²) in [5.41, 5.74) is -2.72. The van der Waals surface area contributed by atoms with Gasteiger partial charge in [0.1, 0.15) is 11.9 Å². The minimum Gasteiger partial charge on any atom is -0.396 e. The lowest BCUT2D eigenvalue weighted by Crippen LogP contribution is -2.35. The van der Waals surface area contributed by atoms with Crippen molar-refractivity contribution < 1.29 is 27.8 Å². The van der Waals surface area contributed by atoms with Crippen molar-refractivity contribution in [2.45, 2.75) is 54.7 Å². The van der Waals surface area contributed by atoms with Gasteiger partial charge in [-0.1, -0.05) is 12.1 Å². The summed E-state index contributed by atoms with van der Waals surface area (Å²) in [6, 6.07) is 9.57. The number of rotatable bonds is 5. The highest BCUT2D eigenvalue weighted by Crippen LogP contribution is 2.42. The lowest BCUT2D eigenvalue weighted by molar-refractivity contribution is -0.158. The number of hydrogen-bond donors (Lipinski definition) is 2. The van der Waals surface area contributed by atoms with Gasteiger partial charge in [-0.2, -0.15) is 22.8 Å². The van der Waals surface area contributed by atoms with Crippen molar-refractivity contribution in [3.63, 3.8) is 0 Å². The van der Waals surface area contributed by atoms with Crippen molar-refractivity contribution in [2.24, 2.45) is 5.92 Å². The number of thioether (sulfide) groups is 1. The number of ether oxygens (including phenoxy) is 2. The molecule has 0 amide bonds. The van der Waals surface area contributed by atoms with Crippen LogP contribution < -0.4 is 5.32 Å². The molecule has 2 aliphatic rings. The molecule has 1 aliphatic heterocycles. The molecular formula is C22H23F3N4O3S. The molecular weight excluding hydrogens is 457 g/mol. The average molecular weight is 481 g/mol. The third-order valence-electron chi connectivity index (χ3n) is 5.87. The molecule has 0 radical (unpaired) electrons. The fourth-order valence-corrected chi connectivity index (χ4v) is 5.19. The minimum atomic E-state index is -4.36. The first kappa shape index (κ1) is 22.5. The summed E-state index contributed by atoms with van der Waals surface area (Å²) in [6.07, 6.45) is 1.87. The van der Waals surface area contributed by atoms with Crippen molar-refractivity contribution in [3.05, 3.63) is 42.6 Å². The zero-order chi connectivity index (χ0) is 23.4. The summed E-state index contributed by atoms with van der Waals surface area (Å²) < 4.78 is 52.0. The van der Waals surface area contributed by atoms with Gasteiger partial charge >= 0.3 is 5.51 Å². The number of aliphatic hydroxyl groups excluding tert-OH is 1. The molecule has 176 valence electrons. The van der Waals surface area contributed by atoms with Crippen molar-refractivity contribution in [2.75, 3.05) is 11.9 Å². The molecule has 33 heavy (non-hydrogen) atoms. The molecule has 2 N–H and O–H groups in total. The van der Waals surface area contributed by atoms with Gasteiger partial charge in [0.2, 0.25) is 0 Å². The summed E-state index contributed by atoms with van der Waals surface area (Å²) in [7, 11) is 0. The highest BCUT2D eigenvalue weighted by molar-refractivity contribution is 8.00. The first-order chi connectivity index (χ1) is 15.6. The molecule has 4 atom stereocenters. The van der Waals surface area contributed by atoms with E-state index in [9.17, 15) is 18.3 Å². The smallest absolute Gasteiger partial charge is 0.396 e. The van der Waals surface area contributed by atoms with Crippen LogP contribution in [0.1, 0.15) is 20.3 Å². The molecule has 11 heteroatoms.